The van der Waals surface area contributed by atoms with E-state index in [4.69, 9.17) is 4.98 Å². The van der Waals surface area contributed by atoms with Crippen molar-refractivity contribution in [3.63, 3.8) is 0 Å². The molecule has 5 heteroatoms. The summed E-state index contributed by atoms with van der Waals surface area (Å²) in [6.45, 7) is 0. The van der Waals surface area contributed by atoms with Crippen molar-refractivity contribution in [3.05, 3.63) is 54.3 Å². The molecule has 0 N–H and O–H groups in total. The minimum Gasteiger partial charge on any atom is -0.264 e. The third kappa shape index (κ3) is 1.83. The first kappa shape index (κ1) is 12.2. The van der Waals surface area contributed by atoms with Gasteiger partial charge in [-0.05, 0) is 35.7 Å². The highest BCUT2D eigenvalue weighted by Crippen LogP contribution is 2.36. The molecule has 5 heterocycles. The van der Waals surface area contributed by atoms with Gasteiger partial charge in [0.1, 0.15) is 0 Å². The van der Waals surface area contributed by atoms with Crippen molar-refractivity contribution in [1.82, 2.24) is 15.0 Å². The van der Waals surface area contributed by atoms with Gasteiger partial charge in [-0.2, -0.15) is 0 Å². The molecule has 0 radical (unpaired) electrons. The highest BCUT2D eigenvalue weighted by Gasteiger charge is 2.08. The Bertz CT molecular complexity index is 1110. The Balaban J connectivity index is 1.74. The van der Waals surface area contributed by atoms with Crippen molar-refractivity contribution in [3.8, 4) is 10.6 Å². The molecule has 0 spiro atoms. The monoisotopic (exact) mass is 319 g/mol. The van der Waals surface area contributed by atoms with E-state index < -0.39 is 0 Å². The van der Waals surface area contributed by atoms with Gasteiger partial charge in [-0.3, -0.25) is 9.97 Å². The fraction of sp³-hybridized carbons (Fsp3) is 0. The largest absolute Gasteiger partial charge is 0.264 e. The van der Waals surface area contributed by atoms with Crippen LogP contribution in [-0.4, -0.2) is 15.0 Å². The van der Waals surface area contributed by atoms with Crippen molar-refractivity contribution < 1.29 is 0 Å². The van der Waals surface area contributed by atoms with Crippen molar-refractivity contribution in [2.24, 2.45) is 0 Å². The predicted octanol–water partition coefficient (Wildman–Crippen LogP) is 5.12. The number of fused-ring (bicyclic) bond motifs is 3. The van der Waals surface area contributed by atoms with Gasteiger partial charge < -0.3 is 0 Å². The molecule has 0 aromatic carbocycles. The van der Waals surface area contributed by atoms with Gasteiger partial charge in [0.15, 0.2) is 0 Å². The highest BCUT2D eigenvalue weighted by atomic mass is 32.1. The summed E-state index contributed by atoms with van der Waals surface area (Å²) in [5, 5.41) is 4.21. The molecule has 0 saturated carbocycles. The lowest BCUT2D eigenvalue weighted by molar-refractivity contribution is 1.33. The highest BCUT2D eigenvalue weighted by molar-refractivity contribution is 7.28. The van der Waals surface area contributed by atoms with E-state index in [1.165, 1.54) is 14.3 Å². The maximum absolute atomic E-state index is 4.73. The van der Waals surface area contributed by atoms with E-state index in [1.807, 2.05) is 18.5 Å². The molecule has 0 unspecified atom stereocenters. The van der Waals surface area contributed by atoms with E-state index in [-0.39, 0.29) is 0 Å². The molecule has 5 aromatic heterocycles. The standard InChI is InChI=1S/C17H9N3S2/c1-3-18-8-10-5-11-9-19-14(6-13(11)20-12(1)10)16-7-17-15(22-16)2-4-21-17/h1-9H. The van der Waals surface area contributed by atoms with Crippen LogP contribution in [-0.2, 0) is 0 Å². The lowest BCUT2D eigenvalue weighted by atomic mass is 10.2. The third-order valence-electron chi connectivity index (χ3n) is 3.68. The first-order valence-corrected chi connectivity index (χ1v) is 8.54. The predicted molar refractivity (Wildman–Crippen MR) is 93.5 cm³/mol. The number of hydrogen-bond donors (Lipinski definition) is 0. The van der Waals surface area contributed by atoms with E-state index in [2.05, 4.69) is 39.6 Å². The maximum Gasteiger partial charge on any atom is 0.0824 e. The summed E-state index contributed by atoms with van der Waals surface area (Å²) in [5.74, 6) is 0. The molecule has 22 heavy (non-hydrogen) atoms. The second kappa shape index (κ2) is 4.56. The number of nitrogens with zero attached hydrogens (tertiary/aromatic N) is 3. The number of hydrogen-bond acceptors (Lipinski definition) is 5. The lowest BCUT2D eigenvalue weighted by Gasteiger charge is -2.02. The van der Waals surface area contributed by atoms with Crippen molar-refractivity contribution in [2.75, 3.05) is 0 Å². The van der Waals surface area contributed by atoms with Crippen LogP contribution in [0.15, 0.2) is 54.3 Å². The smallest absolute Gasteiger partial charge is 0.0824 e. The molecule has 104 valence electrons. The normalized spacial score (nSPS) is 11.6. The molecule has 0 saturated heterocycles. The average Bonchev–Trinajstić information content (AvgIpc) is 3.14. The summed E-state index contributed by atoms with van der Waals surface area (Å²) in [5.41, 5.74) is 2.93. The summed E-state index contributed by atoms with van der Waals surface area (Å²) >= 11 is 3.55. The summed E-state index contributed by atoms with van der Waals surface area (Å²) in [6, 6.07) is 10.5. The third-order valence-corrected chi connectivity index (χ3v) is 5.80. The molecule has 3 nitrogen and oxygen atoms in total. The van der Waals surface area contributed by atoms with E-state index in [0.29, 0.717) is 0 Å². The molecule has 0 amide bonds. The Hall–Kier alpha value is -2.37. The van der Waals surface area contributed by atoms with Crippen LogP contribution >= 0.6 is 22.7 Å². The van der Waals surface area contributed by atoms with Crippen molar-refractivity contribution >= 4 is 53.9 Å². The average molecular weight is 319 g/mol. The summed E-state index contributed by atoms with van der Waals surface area (Å²) in [7, 11) is 0. The van der Waals surface area contributed by atoms with Crippen molar-refractivity contribution in [1.29, 1.82) is 0 Å². The molecule has 5 rings (SSSR count). The Morgan fingerprint density at radius 1 is 0.864 bits per heavy atom. The number of rotatable bonds is 1. The quantitative estimate of drug-likeness (QED) is 0.402. The van der Waals surface area contributed by atoms with E-state index in [0.717, 1.165) is 27.5 Å². The van der Waals surface area contributed by atoms with E-state index >= 15 is 0 Å². The zero-order valence-electron chi connectivity index (χ0n) is 11.4. The van der Waals surface area contributed by atoms with Gasteiger partial charge in [0, 0.05) is 38.8 Å². The number of thiophene rings is 2. The lowest BCUT2D eigenvalue weighted by Crippen LogP contribution is -1.86. The van der Waals surface area contributed by atoms with Crippen LogP contribution in [0.1, 0.15) is 0 Å². The SMILES string of the molecule is c1cc2nc3cc(-c4cc5sccc5s4)ncc3cc2cn1. The second-order valence-electron chi connectivity index (χ2n) is 5.08. The van der Waals surface area contributed by atoms with Gasteiger partial charge in [0.25, 0.3) is 0 Å². The van der Waals surface area contributed by atoms with Crippen LogP contribution in [0.5, 0.6) is 0 Å². The van der Waals surface area contributed by atoms with Crippen LogP contribution in [0.4, 0.5) is 0 Å². The second-order valence-corrected chi connectivity index (χ2v) is 7.11. The Morgan fingerprint density at radius 3 is 2.77 bits per heavy atom. The van der Waals surface area contributed by atoms with Crippen LogP contribution in [0.2, 0.25) is 0 Å². The van der Waals surface area contributed by atoms with E-state index in [9.17, 15) is 0 Å². The molecular formula is C17H9N3S2. The molecule has 0 aliphatic heterocycles. The van der Waals surface area contributed by atoms with Crippen LogP contribution in [0.3, 0.4) is 0 Å². The van der Waals surface area contributed by atoms with Gasteiger partial charge in [0.2, 0.25) is 0 Å². The first-order chi connectivity index (χ1) is 10.9. The summed E-state index contributed by atoms with van der Waals surface area (Å²) < 4.78 is 2.64. The Kier molecular flexibility index (Phi) is 2.53. The van der Waals surface area contributed by atoms with Gasteiger partial charge in [-0.15, -0.1) is 22.7 Å². The molecule has 0 aliphatic rings. The van der Waals surface area contributed by atoms with Crippen LogP contribution in [0.25, 0.3) is 41.8 Å². The Morgan fingerprint density at radius 2 is 1.82 bits per heavy atom. The zero-order valence-corrected chi connectivity index (χ0v) is 13.0. The fourth-order valence-corrected chi connectivity index (χ4v) is 4.68. The zero-order chi connectivity index (χ0) is 14.5. The van der Waals surface area contributed by atoms with Gasteiger partial charge in [-0.1, -0.05) is 0 Å². The molecule has 5 aromatic rings. The van der Waals surface area contributed by atoms with Crippen LogP contribution < -0.4 is 0 Å². The molecule has 0 bridgehead atoms. The number of aromatic nitrogens is 3. The summed E-state index contributed by atoms with van der Waals surface area (Å²) in [4.78, 5) is 14.7. The maximum atomic E-state index is 4.73. The molecular weight excluding hydrogens is 310 g/mol. The molecule has 0 fully saturated rings. The summed E-state index contributed by atoms with van der Waals surface area (Å²) in [6.07, 6.45) is 5.51. The van der Waals surface area contributed by atoms with Crippen molar-refractivity contribution in [2.45, 2.75) is 0 Å². The van der Waals surface area contributed by atoms with E-state index in [1.54, 1.807) is 28.9 Å². The van der Waals surface area contributed by atoms with Gasteiger partial charge >= 0.3 is 0 Å². The topological polar surface area (TPSA) is 38.7 Å². The fourth-order valence-electron chi connectivity index (χ4n) is 2.60. The Labute approximate surface area is 133 Å². The van der Waals surface area contributed by atoms with Gasteiger partial charge in [0.05, 0.1) is 21.6 Å². The van der Waals surface area contributed by atoms with Crippen LogP contribution in [0, 0.1) is 0 Å². The minimum atomic E-state index is 0.965. The minimum absolute atomic E-state index is 0.965. The van der Waals surface area contributed by atoms with Gasteiger partial charge in [-0.25, -0.2) is 4.98 Å². The number of pyridine rings is 3. The molecule has 0 atom stereocenters. The first-order valence-electron chi connectivity index (χ1n) is 6.85. The molecule has 0 aliphatic carbocycles.